The molecule has 4 aromatic rings. The second kappa shape index (κ2) is 14.2. The summed E-state index contributed by atoms with van der Waals surface area (Å²) in [7, 11) is 0. The summed E-state index contributed by atoms with van der Waals surface area (Å²) in [5.74, 6) is 1.32. The number of para-hydroxylation sites is 2. The second-order valence-electron chi connectivity index (χ2n) is 8.06. The van der Waals surface area contributed by atoms with E-state index in [2.05, 4.69) is 48.6 Å². The van der Waals surface area contributed by atoms with E-state index in [-0.39, 0.29) is 11.7 Å². The molecule has 1 amide bonds. The van der Waals surface area contributed by atoms with Crippen molar-refractivity contribution in [2.75, 3.05) is 11.1 Å². The highest BCUT2D eigenvalue weighted by molar-refractivity contribution is 9.10. The molecule has 0 aliphatic heterocycles. The van der Waals surface area contributed by atoms with Crippen LogP contribution in [0, 0.1) is 0 Å². The summed E-state index contributed by atoms with van der Waals surface area (Å²) in [6.07, 6.45) is 3.35. The number of benzene rings is 3. The van der Waals surface area contributed by atoms with Crippen molar-refractivity contribution in [1.29, 1.82) is 0 Å². The van der Waals surface area contributed by atoms with Crippen molar-refractivity contribution in [3.63, 3.8) is 0 Å². The highest BCUT2D eigenvalue weighted by Crippen LogP contribution is 2.20. The van der Waals surface area contributed by atoms with Crippen LogP contribution < -0.4 is 15.5 Å². The number of rotatable bonds is 13. The smallest absolute Gasteiger partial charge is 0.250 e. The molecular formula is C28H27BrN6O2S. The van der Waals surface area contributed by atoms with Crippen LogP contribution in [-0.4, -0.2) is 32.6 Å². The van der Waals surface area contributed by atoms with Gasteiger partial charge in [0.15, 0.2) is 11.0 Å². The largest absolute Gasteiger partial charge is 0.488 e. The Bertz CT molecular complexity index is 1390. The van der Waals surface area contributed by atoms with E-state index < -0.39 is 0 Å². The summed E-state index contributed by atoms with van der Waals surface area (Å²) >= 11 is 4.77. The number of allylic oxidation sites excluding steroid dienone is 1. The first-order valence-corrected chi connectivity index (χ1v) is 13.6. The maximum atomic E-state index is 12.4. The Hall–Kier alpha value is -3.89. The molecule has 0 radical (unpaired) electrons. The summed E-state index contributed by atoms with van der Waals surface area (Å²) < 4.78 is 8.90. The monoisotopic (exact) mass is 590 g/mol. The van der Waals surface area contributed by atoms with E-state index in [1.807, 2.05) is 83.4 Å². The molecule has 2 N–H and O–H groups in total. The van der Waals surface area contributed by atoms with Gasteiger partial charge in [0.05, 0.1) is 18.5 Å². The molecule has 3 aromatic carbocycles. The van der Waals surface area contributed by atoms with Crippen molar-refractivity contribution in [2.24, 2.45) is 5.10 Å². The average Bonchev–Trinajstić information content (AvgIpc) is 3.32. The molecule has 194 valence electrons. The molecule has 1 aromatic heterocycles. The van der Waals surface area contributed by atoms with Gasteiger partial charge in [-0.15, -0.1) is 16.8 Å². The maximum Gasteiger partial charge on any atom is 0.250 e. The molecule has 38 heavy (non-hydrogen) atoms. The van der Waals surface area contributed by atoms with Crippen LogP contribution in [0.4, 0.5) is 5.69 Å². The van der Waals surface area contributed by atoms with Crippen LogP contribution in [0.1, 0.15) is 17.0 Å². The van der Waals surface area contributed by atoms with E-state index in [0.29, 0.717) is 30.6 Å². The molecule has 0 spiro atoms. The number of amides is 1. The molecular weight excluding hydrogens is 564 g/mol. The lowest BCUT2D eigenvalue weighted by molar-refractivity contribution is -0.118. The summed E-state index contributed by atoms with van der Waals surface area (Å²) in [5.41, 5.74) is 5.37. The van der Waals surface area contributed by atoms with Gasteiger partial charge in [-0.25, -0.2) is 5.43 Å². The van der Waals surface area contributed by atoms with Gasteiger partial charge in [-0.05, 0) is 42.0 Å². The summed E-state index contributed by atoms with van der Waals surface area (Å²) in [5, 5.41) is 16.6. The third kappa shape index (κ3) is 8.06. The lowest BCUT2D eigenvalue weighted by Gasteiger charge is -2.09. The molecule has 0 bridgehead atoms. The van der Waals surface area contributed by atoms with Gasteiger partial charge in [-0.3, -0.25) is 4.79 Å². The molecule has 0 aliphatic rings. The second-order valence-corrected chi connectivity index (χ2v) is 9.91. The topological polar surface area (TPSA) is 93.4 Å². The quantitative estimate of drug-likeness (QED) is 0.0903. The Labute approximate surface area is 234 Å². The van der Waals surface area contributed by atoms with Crippen LogP contribution >= 0.6 is 27.7 Å². The SMILES string of the molecule is C=CCn1c(CNc2ccccc2)nnc1SCC(=O)NN=Cc1ccccc1OCc1cccc(Br)c1. The first-order chi connectivity index (χ1) is 18.6. The first-order valence-electron chi connectivity index (χ1n) is 11.8. The highest BCUT2D eigenvalue weighted by Gasteiger charge is 2.13. The fraction of sp³-hybridized carbons (Fsp3) is 0.143. The van der Waals surface area contributed by atoms with Crippen LogP contribution in [0.5, 0.6) is 5.75 Å². The molecule has 8 nitrogen and oxygen atoms in total. The number of carbonyl (C=O) groups is 1. The molecule has 4 rings (SSSR count). The predicted octanol–water partition coefficient (Wildman–Crippen LogP) is 5.66. The van der Waals surface area contributed by atoms with Gasteiger partial charge in [0.1, 0.15) is 12.4 Å². The Morgan fingerprint density at radius 1 is 1.08 bits per heavy atom. The Kier molecular flexibility index (Phi) is 10.1. The number of carbonyl (C=O) groups excluding carboxylic acids is 1. The third-order valence-electron chi connectivity index (χ3n) is 5.26. The zero-order chi connectivity index (χ0) is 26.6. The number of halogens is 1. The van der Waals surface area contributed by atoms with Crippen molar-refractivity contribution < 1.29 is 9.53 Å². The normalized spacial score (nSPS) is 10.9. The van der Waals surface area contributed by atoms with Crippen molar-refractivity contribution in [2.45, 2.75) is 24.9 Å². The Morgan fingerprint density at radius 2 is 1.89 bits per heavy atom. The summed E-state index contributed by atoms with van der Waals surface area (Å²) in [6.45, 7) is 5.29. The number of nitrogens with one attached hydrogen (secondary N) is 2. The van der Waals surface area contributed by atoms with Gasteiger partial charge in [-0.2, -0.15) is 5.10 Å². The zero-order valence-electron chi connectivity index (χ0n) is 20.6. The minimum absolute atomic E-state index is 0.139. The van der Waals surface area contributed by atoms with Gasteiger partial charge in [0.25, 0.3) is 5.91 Å². The highest BCUT2D eigenvalue weighted by atomic mass is 79.9. The van der Waals surface area contributed by atoms with E-state index in [1.54, 1.807) is 12.3 Å². The van der Waals surface area contributed by atoms with Gasteiger partial charge < -0.3 is 14.6 Å². The molecule has 0 saturated carbocycles. The van der Waals surface area contributed by atoms with Crippen molar-refractivity contribution in [3.05, 3.63) is 113 Å². The molecule has 0 aliphatic carbocycles. The van der Waals surface area contributed by atoms with E-state index in [9.17, 15) is 4.79 Å². The molecule has 0 saturated heterocycles. The number of thioether (sulfide) groups is 1. The number of hydrogen-bond acceptors (Lipinski definition) is 7. The van der Waals surface area contributed by atoms with E-state index in [0.717, 1.165) is 27.1 Å². The van der Waals surface area contributed by atoms with Crippen molar-refractivity contribution in [1.82, 2.24) is 20.2 Å². The number of hydrazone groups is 1. The van der Waals surface area contributed by atoms with E-state index in [4.69, 9.17) is 4.74 Å². The number of ether oxygens (including phenoxy) is 1. The van der Waals surface area contributed by atoms with Gasteiger partial charge in [0.2, 0.25) is 0 Å². The number of hydrogen-bond donors (Lipinski definition) is 2. The van der Waals surface area contributed by atoms with Crippen molar-refractivity contribution >= 4 is 45.5 Å². The molecule has 0 atom stereocenters. The van der Waals surface area contributed by atoms with Gasteiger partial charge in [-0.1, -0.05) is 76.2 Å². The predicted molar refractivity (Wildman–Crippen MR) is 155 cm³/mol. The Balaban J connectivity index is 1.29. The number of aromatic nitrogens is 3. The van der Waals surface area contributed by atoms with E-state index >= 15 is 0 Å². The minimum Gasteiger partial charge on any atom is -0.488 e. The lowest BCUT2D eigenvalue weighted by atomic mass is 10.2. The standard InChI is InChI=1S/C28H27BrN6O2S/c1-2-15-35-26(18-30-24-12-4-3-5-13-24)32-34-28(35)38-20-27(36)33-31-17-22-10-6-7-14-25(22)37-19-21-9-8-11-23(29)16-21/h2-14,16-17,30H,1,15,18-20H2,(H,33,36). The summed E-state index contributed by atoms with van der Waals surface area (Å²) in [6, 6.07) is 25.3. The fourth-order valence-corrected chi connectivity index (χ4v) is 4.65. The molecule has 0 fully saturated rings. The first kappa shape index (κ1) is 27.2. The van der Waals surface area contributed by atoms with Crippen molar-refractivity contribution in [3.8, 4) is 5.75 Å². The van der Waals surface area contributed by atoms with E-state index in [1.165, 1.54) is 11.8 Å². The van der Waals surface area contributed by atoms with Gasteiger partial charge in [0, 0.05) is 22.3 Å². The number of nitrogens with zero attached hydrogens (tertiary/aromatic N) is 4. The summed E-state index contributed by atoms with van der Waals surface area (Å²) in [4.78, 5) is 12.4. The van der Waals surface area contributed by atoms with Crippen LogP contribution in [-0.2, 0) is 24.5 Å². The maximum absolute atomic E-state index is 12.4. The van der Waals surface area contributed by atoms with Gasteiger partial charge >= 0.3 is 0 Å². The third-order valence-corrected chi connectivity index (χ3v) is 6.72. The molecule has 10 heteroatoms. The van der Waals surface area contributed by atoms with Crippen LogP contribution in [0.2, 0.25) is 0 Å². The number of anilines is 1. The van der Waals surface area contributed by atoms with Crippen LogP contribution in [0.25, 0.3) is 0 Å². The fourth-order valence-electron chi connectivity index (χ4n) is 3.45. The molecule has 1 heterocycles. The molecule has 0 unspecified atom stereocenters. The Morgan fingerprint density at radius 3 is 2.71 bits per heavy atom. The minimum atomic E-state index is -0.254. The lowest BCUT2D eigenvalue weighted by Crippen LogP contribution is -2.20. The zero-order valence-corrected chi connectivity index (χ0v) is 23.0. The van der Waals surface area contributed by atoms with Crippen LogP contribution in [0.15, 0.2) is 106 Å². The van der Waals surface area contributed by atoms with Crippen LogP contribution in [0.3, 0.4) is 0 Å². The average molecular weight is 592 g/mol.